The SMILES string of the molecule is CCNC(=NCc1ccc(N2CC=CC2)cc1)N(C)CC1CCCN1CC.I. The van der Waals surface area contributed by atoms with Crippen molar-refractivity contribution in [2.45, 2.75) is 39.3 Å². The lowest BCUT2D eigenvalue weighted by molar-refractivity contribution is 0.232. The van der Waals surface area contributed by atoms with Crippen LogP contribution in [0.15, 0.2) is 41.4 Å². The van der Waals surface area contributed by atoms with Crippen molar-refractivity contribution < 1.29 is 0 Å². The minimum absolute atomic E-state index is 0. The number of hydrogen-bond donors (Lipinski definition) is 1. The van der Waals surface area contributed by atoms with Gasteiger partial charge in [0.1, 0.15) is 0 Å². The molecule has 1 atom stereocenters. The molecule has 6 heteroatoms. The first kappa shape index (κ1) is 23.0. The summed E-state index contributed by atoms with van der Waals surface area (Å²) in [6, 6.07) is 9.49. The summed E-state index contributed by atoms with van der Waals surface area (Å²) in [6.45, 7) is 11.5. The van der Waals surface area contributed by atoms with E-state index in [1.165, 1.54) is 30.6 Å². The Balaban J connectivity index is 0.00000280. The van der Waals surface area contributed by atoms with Crippen molar-refractivity contribution in [3.63, 3.8) is 0 Å². The second-order valence-electron chi connectivity index (χ2n) is 7.52. The first-order valence-electron chi connectivity index (χ1n) is 10.4. The maximum Gasteiger partial charge on any atom is 0.194 e. The van der Waals surface area contributed by atoms with Gasteiger partial charge in [0.25, 0.3) is 0 Å². The third-order valence-electron chi connectivity index (χ3n) is 5.62. The van der Waals surface area contributed by atoms with Gasteiger partial charge in [0, 0.05) is 45.0 Å². The van der Waals surface area contributed by atoms with Gasteiger partial charge in [0.15, 0.2) is 5.96 Å². The first-order chi connectivity index (χ1) is 13.2. The normalized spacial score (nSPS) is 19.8. The molecule has 3 rings (SSSR count). The molecule has 0 radical (unpaired) electrons. The van der Waals surface area contributed by atoms with E-state index < -0.39 is 0 Å². The van der Waals surface area contributed by atoms with E-state index in [0.717, 1.165) is 38.7 Å². The summed E-state index contributed by atoms with van der Waals surface area (Å²) in [5, 5.41) is 3.46. The van der Waals surface area contributed by atoms with Gasteiger partial charge >= 0.3 is 0 Å². The zero-order valence-electron chi connectivity index (χ0n) is 17.6. The number of guanidine groups is 1. The molecule has 1 saturated heterocycles. The molecule has 5 nitrogen and oxygen atoms in total. The number of halogens is 1. The van der Waals surface area contributed by atoms with Gasteiger partial charge in [-0.2, -0.15) is 0 Å². The largest absolute Gasteiger partial charge is 0.364 e. The molecular formula is C22H36IN5. The van der Waals surface area contributed by atoms with E-state index in [-0.39, 0.29) is 24.0 Å². The molecule has 2 aliphatic heterocycles. The first-order valence-corrected chi connectivity index (χ1v) is 10.4. The highest BCUT2D eigenvalue weighted by atomic mass is 127. The summed E-state index contributed by atoms with van der Waals surface area (Å²) >= 11 is 0. The number of nitrogens with one attached hydrogen (secondary N) is 1. The summed E-state index contributed by atoms with van der Waals surface area (Å²) in [5.74, 6) is 1.01. The van der Waals surface area contributed by atoms with E-state index in [1.54, 1.807) is 0 Å². The quantitative estimate of drug-likeness (QED) is 0.271. The second-order valence-corrected chi connectivity index (χ2v) is 7.52. The van der Waals surface area contributed by atoms with E-state index in [1.807, 2.05) is 0 Å². The minimum atomic E-state index is 0. The lowest BCUT2D eigenvalue weighted by Crippen LogP contribution is -2.45. The molecular weight excluding hydrogens is 461 g/mol. The molecule has 0 bridgehead atoms. The van der Waals surface area contributed by atoms with Crippen LogP contribution in [0.1, 0.15) is 32.3 Å². The number of hydrogen-bond acceptors (Lipinski definition) is 3. The number of nitrogens with zero attached hydrogens (tertiary/aromatic N) is 4. The summed E-state index contributed by atoms with van der Waals surface area (Å²) in [5.41, 5.74) is 2.54. The summed E-state index contributed by atoms with van der Waals surface area (Å²) < 4.78 is 0. The Morgan fingerprint density at radius 1 is 1.18 bits per heavy atom. The number of aliphatic imine (C=N–C) groups is 1. The number of likely N-dealkylation sites (tertiary alicyclic amines) is 1. The van der Waals surface area contributed by atoms with Crippen molar-refractivity contribution >= 4 is 35.6 Å². The van der Waals surface area contributed by atoms with Gasteiger partial charge in [0.2, 0.25) is 0 Å². The van der Waals surface area contributed by atoms with Crippen LogP contribution in [0.3, 0.4) is 0 Å². The van der Waals surface area contributed by atoms with Crippen molar-refractivity contribution in [2.24, 2.45) is 4.99 Å². The standard InChI is InChI=1S/C22H35N5.HI/c1-4-23-22(25(3)18-21-9-8-16-26(21)5-2)24-17-19-10-12-20(13-11-19)27-14-6-7-15-27;/h6-7,10-13,21H,4-5,8-9,14-18H2,1-3H3,(H,23,24);1H. The van der Waals surface area contributed by atoms with Crippen LogP contribution in [0.5, 0.6) is 0 Å². The van der Waals surface area contributed by atoms with Crippen LogP contribution < -0.4 is 10.2 Å². The summed E-state index contributed by atoms with van der Waals surface area (Å²) in [7, 11) is 2.16. The van der Waals surface area contributed by atoms with E-state index in [4.69, 9.17) is 4.99 Å². The Kier molecular flexibility index (Phi) is 9.58. The van der Waals surface area contributed by atoms with Crippen molar-refractivity contribution in [1.29, 1.82) is 0 Å². The lowest BCUT2D eigenvalue weighted by Gasteiger charge is -2.29. The number of anilines is 1. The second kappa shape index (κ2) is 11.7. The van der Waals surface area contributed by atoms with Crippen LogP contribution in [0.4, 0.5) is 5.69 Å². The Morgan fingerprint density at radius 2 is 1.89 bits per heavy atom. The van der Waals surface area contributed by atoms with E-state index in [9.17, 15) is 0 Å². The van der Waals surface area contributed by atoms with Gasteiger partial charge < -0.3 is 15.1 Å². The zero-order chi connectivity index (χ0) is 19.1. The molecule has 0 aromatic heterocycles. The Hall–Kier alpha value is -1.28. The molecule has 1 unspecified atom stereocenters. The molecule has 2 heterocycles. The zero-order valence-corrected chi connectivity index (χ0v) is 19.9. The topological polar surface area (TPSA) is 34.1 Å². The molecule has 1 aromatic carbocycles. The molecule has 0 saturated carbocycles. The monoisotopic (exact) mass is 497 g/mol. The molecule has 0 spiro atoms. The maximum atomic E-state index is 4.89. The van der Waals surface area contributed by atoms with Gasteiger partial charge in [-0.1, -0.05) is 31.2 Å². The number of likely N-dealkylation sites (N-methyl/N-ethyl adjacent to an activating group) is 2. The third kappa shape index (κ3) is 6.11. The van der Waals surface area contributed by atoms with E-state index in [2.05, 4.69) is 77.3 Å². The molecule has 1 aromatic rings. The van der Waals surface area contributed by atoms with Gasteiger partial charge in [-0.25, -0.2) is 4.99 Å². The predicted molar refractivity (Wildman–Crippen MR) is 131 cm³/mol. The summed E-state index contributed by atoms with van der Waals surface area (Å²) in [4.78, 5) is 12.1. The lowest BCUT2D eigenvalue weighted by atomic mass is 10.2. The molecule has 28 heavy (non-hydrogen) atoms. The van der Waals surface area contributed by atoms with Crippen molar-refractivity contribution in [3.8, 4) is 0 Å². The highest BCUT2D eigenvalue weighted by Gasteiger charge is 2.24. The molecule has 0 aliphatic carbocycles. The van der Waals surface area contributed by atoms with E-state index in [0.29, 0.717) is 12.6 Å². The fourth-order valence-corrected chi connectivity index (χ4v) is 4.06. The van der Waals surface area contributed by atoms with Gasteiger partial charge in [0.05, 0.1) is 6.54 Å². The smallest absolute Gasteiger partial charge is 0.194 e. The Bertz CT molecular complexity index is 635. The van der Waals surface area contributed by atoms with Crippen molar-refractivity contribution in [2.75, 3.05) is 51.2 Å². The Morgan fingerprint density at radius 3 is 2.54 bits per heavy atom. The van der Waals surface area contributed by atoms with Gasteiger partial charge in [-0.15, -0.1) is 24.0 Å². The van der Waals surface area contributed by atoms with Crippen LogP contribution >= 0.6 is 24.0 Å². The molecule has 2 aliphatic rings. The Labute approximate surface area is 187 Å². The molecule has 0 amide bonds. The van der Waals surface area contributed by atoms with Gasteiger partial charge in [-0.05, 0) is 50.6 Å². The van der Waals surface area contributed by atoms with Crippen LogP contribution in [0, 0.1) is 0 Å². The highest BCUT2D eigenvalue weighted by molar-refractivity contribution is 14.0. The van der Waals surface area contributed by atoms with Crippen LogP contribution in [-0.2, 0) is 6.54 Å². The average Bonchev–Trinajstić information content (AvgIpc) is 3.37. The van der Waals surface area contributed by atoms with Crippen LogP contribution in [0.2, 0.25) is 0 Å². The predicted octanol–water partition coefficient (Wildman–Crippen LogP) is 3.56. The molecule has 1 fully saturated rings. The van der Waals surface area contributed by atoms with Crippen LogP contribution in [-0.4, -0.2) is 68.1 Å². The van der Waals surface area contributed by atoms with E-state index >= 15 is 0 Å². The maximum absolute atomic E-state index is 4.89. The fraction of sp³-hybridized carbons (Fsp3) is 0.591. The third-order valence-corrected chi connectivity index (χ3v) is 5.62. The fourth-order valence-electron chi connectivity index (χ4n) is 4.06. The number of benzene rings is 1. The van der Waals surface area contributed by atoms with Crippen LogP contribution in [0.25, 0.3) is 0 Å². The van der Waals surface area contributed by atoms with Gasteiger partial charge in [-0.3, -0.25) is 4.90 Å². The molecule has 1 N–H and O–H groups in total. The number of rotatable bonds is 7. The average molecular weight is 497 g/mol. The summed E-state index contributed by atoms with van der Waals surface area (Å²) in [6.07, 6.45) is 7.06. The minimum Gasteiger partial charge on any atom is -0.364 e. The van der Waals surface area contributed by atoms with Crippen molar-refractivity contribution in [1.82, 2.24) is 15.1 Å². The highest BCUT2D eigenvalue weighted by Crippen LogP contribution is 2.19. The molecule has 156 valence electrons. The van der Waals surface area contributed by atoms with Crippen molar-refractivity contribution in [3.05, 3.63) is 42.0 Å².